The molecule has 0 unspecified atom stereocenters. The van der Waals surface area contributed by atoms with Crippen LogP contribution in [0.15, 0.2) is 12.4 Å². The van der Waals surface area contributed by atoms with E-state index in [0.717, 1.165) is 11.4 Å². The van der Waals surface area contributed by atoms with Crippen LogP contribution in [0.5, 0.6) is 0 Å². The van der Waals surface area contributed by atoms with E-state index in [0.29, 0.717) is 5.92 Å². The van der Waals surface area contributed by atoms with Gasteiger partial charge in [-0.1, -0.05) is 27.7 Å². The first-order valence-electron chi connectivity index (χ1n) is 4.48. The standard InChI is InChI=1S/C8H12N2.C2H6/c1-6(2)8-4-7(3)9-5-10-8;1-2/h4-6H,1-3H3;1-2H3. The SMILES string of the molecule is CC.Cc1cc(C(C)C)ncn1. The molecule has 0 atom stereocenters. The molecule has 0 aliphatic carbocycles. The second-order valence-corrected chi connectivity index (χ2v) is 2.74. The Hall–Kier alpha value is -0.920. The Morgan fingerprint density at radius 3 is 2.08 bits per heavy atom. The number of aromatic nitrogens is 2. The maximum atomic E-state index is 4.13. The minimum Gasteiger partial charge on any atom is -0.242 e. The second-order valence-electron chi connectivity index (χ2n) is 2.74. The van der Waals surface area contributed by atoms with Gasteiger partial charge in [0.2, 0.25) is 0 Å². The van der Waals surface area contributed by atoms with Crippen LogP contribution < -0.4 is 0 Å². The lowest BCUT2D eigenvalue weighted by molar-refractivity contribution is 0.809. The highest BCUT2D eigenvalue weighted by Gasteiger charge is 1.98. The van der Waals surface area contributed by atoms with Crippen LogP contribution in [0.2, 0.25) is 0 Å². The topological polar surface area (TPSA) is 25.8 Å². The summed E-state index contributed by atoms with van der Waals surface area (Å²) in [5.41, 5.74) is 2.16. The third kappa shape index (κ3) is 3.46. The van der Waals surface area contributed by atoms with Crippen molar-refractivity contribution in [1.82, 2.24) is 9.97 Å². The molecule has 2 nitrogen and oxygen atoms in total. The molecule has 1 heterocycles. The first-order chi connectivity index (χ1) is 5.70. The van der Waals surface area contributed by atoms with E-state index in [2.05, 4.69) is 23.8 Å². The molecular weight excluding hydrogens is 148 g/mol. The van der Waals surface area contributed by atoms with Gasteiger partial charge in [-0.25, -0.2) is 9.97 Å². The normalized spacial score (nSPS) is 9.17. The molecule has 0 radical (unpaired) electrons. The smallest absolute Gasteiger partial charge is 0.115 e. The van der Waals surface area contributed by atoms with Crippen molar-refractivity contribution in [3.8, 4) is 0 Å². The van der Waals surface area contributed by atoms with Crippen molar-refractivity contribution in [2.75, 3.05) is 0 Å². The number of aryl methyl sites for hydroxylation is 1. The molecule has 0 aromatic carbocycles. The molecule has 0 fully saturated rings. The largest absolute Gasteiger partial charge is 0.242 e. The summed E-state index contributed by atoms with van der Waals surface area (Å²) in [6.07, 6.45) is 1.62. The van der Waals surface area contributed by atoms with E-state index in [1.807, 2.05) is 26.8 Å². The highest BCUT2D eigenvalue weighted by atomic mass is 14.8. The minimum absolute atomic E-state index is 0.502. The van der Waals surface area contributed by atoms with E-state index in [-0.39, 0.29) is 0 Å². The van der Waals surface area contributed by atoms with E-state index in [1.54, 1.807) is 6.33 Å². The first-order valence-corrected chi connectivity index (χ1v) is 4.48. The Morgan fingerprint density at radius 2 is 1.75 bits per heavy atom. The zero-order valence-electron chi connectivity index (χ0n) is 8.63. The lowest BCUT2D eigenvalue weighted by atomic mass is 10.1. The summed E-state index contributed by atoms with van der Waals surface area (Å²) in [5.74, 6) is 0.502. The third-order valence-corrected chi connectivity index (χ3v) is 1.42. The summed E-state index contributed by atoms with van der Waals surface area (Å²) in [4.78, 5) is 8.14. The lowest BCUT2D eigenvalue weighted by Crippen LogP contribution is -1.93. The predicted molar refractivity (Wildman–Crippen MR) is 52.2 cm³/mol. The molecule has 1 rings (SSSR count). The molecule has 1 aromatic heterocycles. The Kier molecular flexibility index (Phi) is 5.26. The summed E-state index contributed by atoms with van der Waals surface area (Å²) in [5, 5.41) is 0. The number of rotatable bonds is 1. The van der Waals surface area contributed by atoms with Crippen molar-refractivity contribution in [3.63, 3.8) is 0 Å². The number of hydrogen-bond donors (Lipinski definition) is 0. The average molecular weight is 166 g/mol. The van der Waals surface area contributed by atoms with Crippen LogP contribution in [0.1, 0.15) is 45.0 Å². The molecule has 0 spiro atoms. The Bertz CT molecular complexity index is 219. The van der Waals surface area contributed by atoms with Gasteiger partial charge < -0.3 is 0 Å². The highest BCUT2D eigenvalue weighted by molar-refractivity contribution is 5.09. The van der Waals surface area contributed by atoms with Crippen molar-refractivity contribution in [3.05, 3.63) is 23.8 Å². The summed E-state index contributed by atoms with van der Waals surface area (Å²) in [6.45, 7) is 10.2. The Morgan fingerprint density at radius 1 is 1.17 bits per heavy atom. The van der Waals surface area contributed by atoms with Crippen molar-refractivity contribution in [1.29, 1.82) is 0 Å². The molecule has 0 aliphatic heterocycles. The first kappa shape index (κ1) is 11.1. The van der Waals surface area contributed by atoms with Crippen LogP contribution in [0.3, 0.4) is 0 Å². The summed E-state index contributed by atoms with van der Waals surface area (Å²) < 4.78 is 0. The van der Waals surface area contributed by atoms with Crippen LogP contribution in [0.25, 0.3) is 0 Å². The van der Waals surface area contributed by atoms with E-state index >= 15 is 0 Å². The molecule has 1 aromatic rings. The predicted octanol–water partition coefficient (Wildman–Crippen LogP) is 2.93. The van der Waals surface area contributed by atoms with Gasteiger partial charge in [0, 0.05) is 11.4 Å². The summed E-state index contributed by atoms with van der Waals surface area (Å²) in [6, 6.07) is 2.02. The van der Waals surface area contributed by atoms with Crippen molar-refractivity contribution in [2.45, 2.75) is 40.5 Å². The fourth-order valence-electron chi connectivity index (χ4n) is 0.791. The maximum absolute atomic E-state index is 4.13. The molecule has 12 heavy (non-hydrogen) atoms. The molecule has 2 heteroatoms. The van der Waals surface area contributed by atoms with Crippen LogP contribution in [0.4, 0.5) is 0 Å². The van der Waals surface area contributed by atoms with Gasteiger partial charge in [0.15, 0.2) is 0 Å². The average Bonchev–Trinajstić information content (AvgIpc) is 2.08. The fraction of sp³-hybridized carbons (Fsp3) is 0.600. The zero-order chi connectivity index (χ0) is 9.56. The van der Waals surface area contributed by atoms with Crippen LogP contribution in [-0.4, -0.2) is 9.97 Å². The van der Waals surface area contributed by atoms with Gasteiger partial charge in [0.1, 0.15) is 6.33 Å². The summed E-state index contributed by atoms with van der Waals surface area (Å²) >= 11 is 0. The van der Waals surface area contributed by atoms with Gasteiger partial charge in [-0.2, -0.15) is 0 Å². The Balaban J connectivity index is 0.000000561. The van der Waals surface area contributed by atoms with Crippen molar-refractivity contribution >= 4 is 0 Å². The minimum atomic E-state index is 0.502. The molecule has 0 saturated heterocycles. The van der Waals surface area contributed by atoms with Gasteiger partial charge >= 0.3 is 0 Å². The third-order valence-electron chi connectivity index (χ3n) is 1.42. The quantitative estimate of drug-likeness (QED) is 0.641. The van der Waals surface area contributed by atoms with Gasteiger partial charge in [0.25, 0.3) is 0 Å². The molecule has 0 aliphatic rings. The number of hydrogen-bond acceptors (Lipinski definition) is 2. The van der Waals surface area contributed by atoms with E-state index < -0.39 is 0 Å². The lowest BCUT2D eigenvalue weighted by Gasteiger charge is -2.02. The highest BCUT2D eigenvalue weighted by Crippen LogP contribution is 2.09. The number of nitrogens with zero attached hydrogens (tertiary/aromatic N) is 2. The van der Waals surface area contributed by atoms with Gasteiger partial charge in [-0.3, -0.25) is 0 Å². The van der Waals surface area contributed by atoms with Crippen molar-refractivity contribution in [2.24, 2.45) is 0 Å². The molecular formula is C10H18N2. The van der Waals surface area contributed by atoms with Gasteiger partial charge in [0.05, 0.1) is 0 Å². The molecule has 0 bridgehead atoms. The van der Waals surface area contributed by atoms with E-state index in [9.17, 15) is 0 Å². The Labute approximate surface area is 75.1 Å². The second kappa shape index (κ2) is 5.70. The van der Waals surface area contributed by atoms with Crippen LogP contribution >= 0.6 is 0 Å². The zero-order valence-corrected chi connectivity index (χ0v) is 8.63. The molecule has 0 amide bonds. The van der Waals surface area contributed by atoms with Gasteiger partial charge in [-0.05, 0) is 18.9 Å². The van der Waals surface area contributed by atoms with Crippen LogP contribution in [-0.2, 0) is 0 Å². The van der Waals surface area contributed by atoms with Crippen molar-refractivity contribution < 1.29 is 0 Å². The van der Waals surface area contributed by atoms with E-state index in [4.69, 9.17) is 0 Å². The molecule has 0 N–H and O–H groups in total. The van der Waals surface area contributed by atoms with Gasteiger partial charge in [-0.15, -0.1) is 0 Å². The summed E-state index contributed by atoms with van der Waals surface area (Å²) in [7, 11) is 0. The fourth-order valence-corrected chi connectivity index (χ4v) is 0.791. The monoisotopic (exact) mass is 166 g/mol. The molecule has 68 valence electrons. The van der Waals surface area contributed by atoms with E-state index in [1.165, 1.54) is 0 Å². The molecule has 0 saturated carbocycles. The van der Waals surface area contributed by atoms with Crippen LogP contribution in [0, 0.1) is 6.92 Å². The maximum Gasteiger partial charge on any atom is 0.115 e.